The van der Waals surface area contributed by atoms with E-state index in [1.807, 2.05) is 0 Å². The highest BCUT2D eigenvalue weighted by molar-refractivity contribution is 6.32. The van der Waals surface area contributed by atoms with Crippen LogP contribution in [-0.4, -0.2) is 35.6 Å². The van der Waals surface area contributed by atoms with Gasteiger partial charge in [-0.25, -0.2) is 9.97 Å². The van der Waals surface area contributed by atoms with Crippen LogP contribution in [0.15, 0.2) is 6.07 Å². The number of anilines is 1. The molecular formula is C14H21Cl2N3O2. The topological polar surface area (TPSA) is 55.3 Å². The number of esters is 1. The number of aromatic nitrogens is 2. The lowest BCUT2D eigenvalue weighted by molar-refractivity contribution is -0.141. The minimum atomic E-state index is -0.243. The van der Waals surface area contributed by atoms with E-state index in [0.29, 0.717) is 11.8 Å². The molecule has 7 heteroatoms. The Morgan fingerprint density at radius 2 is 1.95 bits per heavy atom. The molecule has 1 aromatic heterocycles. The van der Waals surface area contributed by atoms with Crippen molar-refractivity contribution in [1.82, 2.24) is 9.97 Å². The molecule has 0 radical (unpaired) electrons. The Kier molecular flexibility index (Phi) is 8.38. The standard InChI is InChI=1S/C14H21Cl2N3O2/c1-3-4-7-19(8-5-6-9-21-11(2)20)13-10-12(15)17-14(16)18-13/h10H,3-9H2,1-2H3. The second kappa shape index (κ2) is 9.79. The Balaban J connectivity index is 2.56. The van der Waals surface area contributed by atoms with E-state index in [9.17, 15) is 4.79 Å². The first-order valence-electron chi connectivity index (χ1n) is 7.11. The summed E-state index contributed by atoms with van der Waals surface area (Å²) in [7, 11) is 0. The first-order valence-corrected chi connectivity index (χ1v) is 7.87. The number of carbonyl (C=O) groups excluding carboxylic acids is 1. The van der Waals surface area contributed by atoms with Crippen LogP contribution in [0.4, 0.5) is 5.82 Å². The van der Waals surface area contributed by atoms with Crippen LogP contribution in [0.25, 0.3) is 0 Å². The maximum atomic E-state index is 10.7. The first kappa shape index (κ1) is 18.0. The third kappa shape index (κ3) is 7.48. The molecule has 1 rings (SSSR count). The molecule has 0 fully saturated rings. The number of ether oxygens (including phenoxy) is 1. The second-order valence-corrected chi connectivity index (χ2v) is 5.43. The smallest absolute Gasteiger partial charge is 0.302 e. The lowest BCUT2D eigenvalue weighted by Gasteiger charge is -2.23. The molecule has 0 aliphatic carbocycles. The van der Waals surface area contributed by atoms with Crippen LogP contribution in [0.2, 0.25) is 10.4 Å². The van der Waals surface area contributed by atoms with Crippen LogP contribution >= 0.6 is 23.2 Å². The molecule has 0 aliphatic rings. The number of halogens is 2. The number of hydrogen-bond acceptors (Lipinski definition) is 5. The number of unbranched alkanes of at least 4 members (excludes halogenated alkanes) is 2. The summed E-state index contributed by atoms with van der Waals surface area (Å²) in [6.07, 6.45) is 3.87. The molecule has 0 amide bonds. The summed E-state index contributed by atoms with van der Waals surface area (Å²) in [5.74, 6) is 0.494. The van der Waals surface area contributed by atoms with Crippen molar-refractivity contribution in [2.24, 2.45) is 0 Å². The second-order valence-electron chi connectivity index (χ2n) is 4.71. The summed E-state index contributed by atoms with van der Waals surface area (Å²) in [4.78, 5) is 20.9. The van der Waals surface area contributed by atoms with Crippen LogP contribution in [-0.2, 0) is 9.53 Å². The van der Waals surface area contributed by atoms with Gasteiger partial charge in [0.2, 0.25) is 5.28 Å². The van der Waals surface area contributed by atoms with Crippen molar-refractivity contribution in [2.45, 2.75) is 39.5 Å². The van der Waals surface area contributed by atoms with Gasteiger partial charge in [-0.15, -0.1) is 0 Å². The molecule has 0 spiro atoms. The molecular weight excluding hydrogens is 313 g/mol. The van der Waals surface area contributed by atoms with E-state index in [4.69, 9.17) is 27.9 Å². The molecule has 0 atom stereocenters. The highest BCUT2D eigenvalue weighted by atomic mass is 35.5. The minimum Gasteiger partial charge on any atom is -0.466 e. The highest BCUT2D eigenvalue weighted by Crippen LogP contribution is 2.19. The summed E-state index contributed by atoms with van der Waals surface area (Å²) in [6, 6.07) is 1.72. The van der Waals surface area contributed by atoms with E-state index in [-0.39, 0.29) is 11.3 Å². The molecule has 5 nitrogen and oxygen atoms in total. The molecule has 0 saturated carbocycles. The van der Waals surface area contributed by atoms with Crippen molar-refractivity contribution in [3.63, 3.8) is 0 Å². The van der Waals surface area contributed by atoms with Crippen LogP contribution in [0.5, 0.6) is 0 Å². The van der Waals surface area contributed by atoms with Gasteiger partial charge in [-0.1, -0.05) is 24.9 Å². The van der Waals surface area contributed by atoms with Crippen molar-refractivity contribution >= 4 is 35.0 Å². The van der Waals surface area contributed by atoms with Gasteiger partial charge in [-0.2, -0.15) is 0 Å². The molecule has 0 N–H and O–H groups in total. The summed E-state index contributed by atoms with van der Waals surface area (Å²) < 4.78 is 4.92. The van der Waals surface area contributed by atoms with Crippen molar-refractivity contribution < 1.29 is 9.53 Å². The zero-order chi connectivity index (χ0) is 15.7. The van der Waals surface area contributed by atoms with Crippen molar-refractivity contribution in [1.29, 1.82) is 0 Å². The fourth-order valence-electron chi connectivity index (χ4n) is 1.85. The quantitative estimate of drug-likeness (QED) is 0.298. The van der Waals surface area contributed by atoms with Crippen molar-refractivity contribution in [3.8, 4) is 0 Å². The molecule has 0 bridgehead atoms. The Hall–Kier alpha value is -1.07. The molecule has 0 aromatic carbocycles. The van der Waals surface area contributed by atoms with Crippen LogP contribution in [0, 0.1) is 0 Å². The predicted molar refractivity (Wildman–Crippen MR) is 85.0 cm³/mol. The zero-order valence-corrected chi connectivity index (χ0v) is 14.0. The Bertz CT molecular complexity index is 438. The van der Waals surface area contributed by atoms with E-state index < -0.39 is 0 Å². The van der Waals surface area contributed by atoms with E-state index in [2.05, 4.69) is 21.8 Å². The van der Waals surface area contributed by atoms with E-state index >= 15 is 0 Å². The van der Waals surface area contributed by atoms with E-state index in [1.165, 1.54) is 6.92 Å². The number of hydrogen-bond donors (Lipinski definition) is 0. The first-order chi connectivity index (χ1) is 10.0. The molecule has 0 unspecified atom stereocenters. The van der Waals surface area contributed by atoms with Gasteiger partial charge in [-0.3, -0.25) is 4.79 Å². The Morgan fingerprint density at radius 3 is 2.57 bits per heavy atom. The average Bonchev–Trinajstić information content (AvgIpc) is 2.40. The van der Waals surface area contributed by atoms with Gasteiger partial charge < -0.3 is 9.64 Å². The van der Waals surface area contributed by atoms with E-state index in [0.717, 1.165) is 44.6 Å². The molecule has 21 heavy (non-hydrogen) atoms. The largest absolute Gasteiger partial charge is 0.466 e. The van der Waals surface area contributed by atoms with Gasteiger partial charge in [0.1, 0.15) is 11.0 Å². The van der Waals surface area contributed by atoms with Crippen molar-refractivity contribution in [3.05, 3.63) is 16.5 Å². The fourth-order valence-corrected chi connectivity index (χ4v) is 2.25. The minimum absolute atomic E-state index is 0.152. The van der Waals surface area contributed by atoms with Gasteiger partial charge >= 0.3 is 5.97 Å². The Labute approximate surface area is 135 Å². The highest BCUT2D eigenvalue weighted by Gasteiger charge is 2.10. The molecule has 118 valence electrons. The van der Waals surface area contributed by atoms with Crippen LogP contribution in [0.3, 0.4) is 0 Å². The summed E-state index contributed by atoms with van der Waals surface area (Å²) >= 11 is 11.8. The maximum Gasteiger partial charge on any atom is 0.302 e. The number of rotatable bonds is 9. The normalized spacial score (nSPS) is 10.5. The fraction of sp³-hybridized carbons (Fsp3) is 0.643. The van der Waals surface area contributed by atoms with Gasteiger partial charge in [0.05, 0.1) is 6.61 Å². The van der Waals surface area contributed by atoms with Crippen LogP contribution in [0.1, 0.15) is 39.5 Å². The van der Waals surface area contributed by atoms with Gasteiger partial charge in [0, 0.05) is 26.1 Å². The third-order valence-electron chi connectivity index (χ3n) is 2.89. The lowest BCUT2D eigenvalue weighted by Crippen LogP contribution is -2.27. The summed E-state index contributed by atoms with van der Waals surface area (Å²) in [5.41, 5.74) is 0. The molecule has 1 heterocycles. The Morgan fingerprint density at radius 1 is 1.24 bits per heavy atom. The SMILES string of the molecule is CCCCN(CCCCOC(C)=O)c1cc(Cl)nc(Cl)n1. The summed E-state index contributed by atoms with van der Waals surface area (Å²) in [6.45, 7) is 5.69. The van der Waals surface area contributed by atoms with Crippen LogP contribution < -0.4 is 4.90 Å². The van der Waals surface area contributed by atoms with Crippen molar-refractivity contribution in [2.75, 3.05) is 24.6 Å². The monoisotopic (exact) mass is 333 g/mol. The molecule has 0 aliphatic heterocycles. The van der Waals surface area contributed by atoms with Gasteiger partial charge in [0.15, 0.2) is 0 Å². The summed E-state index contributed by atoms with van der Waals surface area (Å²) in [5, 5.41) is 0.491. The third-order valence-corrected chi connectivity index (χ3v) is 3.25. The number of carbonyl (C=O) groups is 1. The van der Waals surface area contributed by atoms with Gasteiger partial charge in [0.25, 0.3) is 0 Å². The van der Waals surface area contributed by atoms with Gasteiger partial charge in [-0.05, 0) is 30.9 Å². The number of nitrogens with zero attached hydrogens (tertiary/aromatic N) is 3. The van der Waals surface area contributed by atoms with E-state index in [1.54, 1.807) is 6.07 Å². The zero-order valence-electron chi connectivity index (χ0n) is 12.4. The molecule has 0 saturated heterocycles. The average molecular weight is 334 g/mol. The maximum absolute atomic E-state index is 10.7. The molecule has 1 aromatic rings. The lowest BCUT2D eigenvalue weighted by atomic mass is 10.2. The predicted octanol–water partition coefficient (Wildman–Crippen LogP) is 3.73.